The molecule has 1 aliphatic heterocycles. The summed E-state index contributed by atoms with van der Waals surface area (Å²) in [6, 6.07) is 8.75. The largest absolute Gasteiger partial charge is 0.360 e. The van der Waals surface area contributed by atoms with E-state index in [0.717, 1.165) is 21.4 Å². The summed E-state index contributed by atoms with van der Waals surface area (Å²) in [6.45, 7) is 0.145. The first-order valence-corrected chi connectivity index (χ1v) is 9.00. The van der Waals surface area contributed by atoms with Crippen molar-refractivity contribution in [1.29, 1.82) is 0 Å². The molecule has 3 aromatic rings. The van der Waals surface area contributed by atoms with Crippen molar-refractivity contribution in [3.05, 3.63) is 69.6 Å². The molecule has 0 bridgehead atoms. The van der Waals surface area contributed by atoms with Gasteiger partial charge in [0, 0.05) is 23.0 Å². The van der Waals surface area contributed by atoms with Gasteiger partial charge in [-0.25, -0.2) is 9.18 Å². The molecule has 1 aliphatic rings. The number of H-pyrrole nitrogens is 1. The maximum absolute atomic E-state index is 13.6. The molecule has 3 amide bonds. The zero-order valence-corrected chi connectivity index (χ0v) is 15.4. The van der Waals surface area contributed by atoms with Crippen molar-refractivity contribution in [3.63, 3.8) is 0 Å². The minimum Gasteiger partial charge on any atom is -0.360 e. The standard InChI is InChI=1S/C19H14Cl2FN3O2/c20-12-3-1-2-10(6-12)9-25-18(26)15(24-19(25)27)7-11-8-23-17-13(11)4-5-14(22)16(17)21/h1-6,8,15,23H,7,9H2,(H,24,27)/t15-/m1/s1. The topological polar surface area (TPSA) is 65.2 Å². The minimum atomic E-state index is -0.695. The fourth-order valence-corrected chi connectivity index (χ4v) is 3.70. The zero-order chi connectivity index (χ0) is 19.1. The third kappa shape index (κ3) is 3.26. The number of nitrogens with one attached hydrogen (secondary N) is 2. The summed E-state index contributed by atoms with van der Waals surface area (Å²) in [5.74, 6) is -0.835. The van der Waals surface area contributed by atoms with E-state index in [0.29, 0.717) is 10.5 Å². The number of fused-ring (bicyclic) bond motifs is 1. The van der Waals surface area contributed by atoms with Gasteiger partial charge in [-0.3, -0.25) is 9.69 Å². The maximum atomic E-state index is 13.6. The molecule has 1 aromatic heterocycles. The molecule has 0 aliphatic carbocycles. The van der Waals surface area contributed by atoms with Crippen molar-refractivity contribution in [1.82, 2.24) is 15.2 Å². The van der Waals surface area contributed by atoms with Crippen LogP contribution in [0.2, 0.25) is 10.0 Å². The van der Waals surface area contributed by atoms with Crippen LogP contribution in [0.4, 0.5) is 9.18 Å². The lowest BCUT2D eigenvalue weighted by molar-refractivity contribution is -0.127. The molecule has 2 N–H and O–H groups in total. The number of urea groups is 1. The van der Waals surface area contributed by atoms with Crippen molar-refractivity contribution in [2.75, 3.05) is 0 Å². The van der Waals surface area contributed by atoms with E-state index < -0.39 is 17.9 Å². The van der Waals surface area contributed by atoms with Crippen LogP contribution in [0.3, 0.4) is 0 Å². The predicted octanol–water partition coefficient (Wildman–Crippen LogP) is 4.28. The van der Waals surface area contributed by atoms with E-state index in [1.165, 1.54) is 6.07 Å². The van der Waals surface area contributed by atoms with Gasteiger partial charge < -0.3 is 10.3 Å². The van der Waals surface area contributed by atoms with Crippen molar-refractivity contribution in [2.24, 2.45) is 0 Å². The van der Waals surface area contributed by atoms with Gasteiger partial charge in [-0.1, -0.05) is 35.3 Å². The van der Waals surface area contributed by atoms with Gasteiger partial charge in [0.05, 0.1) is 12.1 Å². The molecule has 0 radical (unpaired) electrons. The highest BCUT2D eigenvalue weighted by atomic mass is 35.5. The molecule has 8 heteroatoms. The number of rotatable bonds is 4. The minimum absolute atomic E-state index is 0.00289. The van der Waals surface area contributed by atoms with Gasteiger partial charge in [0.15, 0.2) is 0 Å². The van der Waals surface area contributed by atoms with Gasteiger partial charge in [-0.15, -0.1) is 0 Å². The summed E-state index contributed by atoms with van der Waals surface area (Å²) in [7, 11) is 0. The highest BCUT2D eigenvalue weighted by molar-refractivity contribution is 6.35. The number of carbonyl (C=O) groups excluding carboxylic acids is 2. The van der Waals surface area contributed by atoms with Crippen molar-refractivity contribution >= 4 is 46.0 Å². The number of halogens is 3. The van der Waals surface area contributed by atoms with E-state index in [4.69, 9.17) is 23.2 Å². The molecule has 0 spiro atoms. The van der Waals surface area contributed by atoms with Crippen LogP contribution >= 0.6 is 23.2 Å². The molecule has 138 valence electrons. The number of carbonyl (C=O) groups is 2. The summed E-state index contributed by atoms with van der Waals surface area (Å²) in [5, 5.41) is 3.96. The van der Waals surface area contributed by atoms with Crippen LogP contribution in [0, 0.1) is 5.82 Å². The molecule has 1 saturated heterocycles. The average Bonchev–Trinajstić information content (AvgIpc) is 3.15. The Hall–Kier alpha value is -2.57. The fourth-order valence-electron chi connectivity index (χ4n) is 3.27. The number of aromatic amines is 1. The summed E-state index contributed by atoms with van der Waals surface area (Å²) in [4.78, 5) is 29.1. The van der Waals surface area contributed by atoms with E-state index in [-0.39, 0.29) is 23.9 Å². The SMILES string of the molecule is O=C1N[C@H](Cc2c[nH]c3c(Cl)c(F)ccc23)C(=O)N1Cc1cccc(Cl)c1. The number of aromatic nitrogens is 1. The van der Waals surface area contributed by atoms with Crippen LogP contribution in [0.5, 0.6) is 0 Å². The third-order valence-corrected chi connectivity index (χ3v) is 5.20. The first-order chi connectivity index (χ1) is 12.9. The third-order valence-electron chi connectivity index (χ3n) is 4.59. The van der Waals surface area contributed by atoms with Crippen LogP contribution in [0.1, 0.15) is 11.1 Å². The van der Waals surface area contributed by atoms with Crippen LogP contribution in [-0.2, 0) is 17.8 Å². The van der Waals surface area contributed by atoms with Crippen LogP contribution in [0.25, 0.3) is 10.9 Å². The molecular formula is C19H14Cl2FN3O2. The lowest BCUT2D eigenvalue weighted by atomic mass is 10.0. The molecule has 2 aromatic carbocycles. The highest BCUT2D eigenvalue weighted by Crippen LogP contribution is 2.29. The number of amides is 3. The Labute approximate surface area is 164 Å². The van der Waals surface area contributed by atoms with E-state index in [9.17, 15) is 14.0 Å². The number of imide groups is 1. The van der Waals surface area contributed by atoms with Gasteiger partial charge in [-0.05, 0) is 35.4 Å². The molecule has 5 nitrogen and oxygen atoms in total. The quantitative estimate of drug-likeness (QED) is 0.636. The summed E-state index contributed by atoms with van der Waals surface area (Å²) < 4.78 is 13.6. The number of hydrogen-bond donors (Lipinski definition) is 2. The Morgan fingerprint density at radius 1 is 1.15 bits per heavy atom. The highest BCUT2D eigenvalue weighted by Gasteiger charge is 2.38. The second-order valence-electron chi connectivity index (χ2n) is 6.36. The normalized spacial score (nSPS) is 17.0. The molecule has 1 fully saturated rings. The molecule has 0 saturated carbocycles. The zero-order valence-electron chi connectivity index (χ0n) is 13.9. The Balaban J connectivity index is 1.55. The summed E-state index contributed by atoms with van der Waals surface area (Å²) >= 11 is 11.9. The Morgan fingerprint density at radius 3 is 2.74 bits per heavy atom. The average molecular weight is 406 g/mol. The van der Waals surface area contributed by atoms with Gasteiger partial charge in [0.2, 0.25) is 0 Å². The number of benzene rings is 2. The van der Waals surface area contributed by atoms with Crippen LogP contribution < -0.4 is 5.32 Å². The van der Waals surface area contributed by atoms with E-state index >= 15 is 0 Å². The van der Waals surface area contributed by atoms with Crippen molar-refractivity contribution < 1.29 is 14.0 Å². The van der Waals surface area contributed by atoms with Crippen molar-refractivity contribution in [2.45, 2.75) is 19.0 Å². The smallest absolute Gasteiger partial charge is 0.325 e. The monoisotopic (exact) mass is 405 g/mol. The number of nitrogens with zero attached hydrogens (tertiary/aromatic N) is 1. The molecular weight excluding hydrogens is 392 g/mol. The van der Waals surface area contributed by atoms with E-state index in [1.807, 2.05) is 0 Å². The fraction of sp³-hybridized carbons (Fsp3) is 0.158. The molecule has 27 heavy (non-hydrogen) atoms. The lowest BCUT2D eigenvalue weighted by Crippen LogP contribution is -2.32. The predicted molar refractivity (Wildman–Crippen MR) is 101 cm³/mol. The Bertz CT molecular complexity index is 1070. The van der Waals surface area contributed by atoms with Crippen LogP contribution in [-0.4, -0.2) is 27.9 Å². The van der Waals surface area contributed by atoms with E-state index in [2.05, 4.69) is 10.3 Å². The second-order valence-corrected chi connectivity index (χ2v) is 7.17. The first kappa shape index (κ1) is 17.8. The maximum Gasteiger partial charge on any atom is 0.325 e. The molecule has 4 rings (SSSR count). The molecule has 2 heterocycles. The Kier molecular flexibility index (Phi) is 4.53. The second kappa shape index (κ2) is 6.87. The van der Waals surface area contributed by atoms with Gasteiger partial charge in [0.1, 0.15) is 16.9 Å². The molecule has 1 atom stereocenters. The van der Waals surface area contributed by atoms with Gasteiger partial charge >= 0.3 is 6.03 Å². The number of hydrogen-bond acceptors (Lipinski definition) is 2. The summed E-state index contributed by atoms with van der Waals surface area (Å²) in [6.07, 6.45) is 1.95. The van der Waals surface area contributed by atoms with Crippen LogP contribution in [0.15, 0.2) is 42.6 Å². The van der Waals surface area contributed by atoms with Gasteiger partial charge in [-0.2, -0.15) is 0 Å². The van der Waals surface area contributed by atoms with Gasteiger partial charge in [0.25, 0.3) is 5.91 Å². The molecule has 0 unspecified atom stereocenters. The van der Waals surface area contributed by atoms with Crippen molar-refractivity contribution in [3.8, 4) is 0 Å². The first-order valence-electron chi connectivity index (χ1n) is 8.24. The van der Waals surface area contributed by atoms with E-state index in [1.54, 1.807) is 36.5 Å². The lowest BCUT2D eigenvalue weighted by Gasteiger charge is -2.13. The Morgan fingerprint density at radius 2 is 1.96 bits per heavy atom. The summed E-state index contributed by atoms with van der Waals surface area (Å²) in [5.41, 5.74) is 2.01.